The van der Waals surface area contributed by atoms with E-state index in [9.17, 15) is 9.59 Å². The zero-order valence-electron chi connectivity index (χ0n) is 11.9. The first-order valence-corrected chi connectivity index (χ1v) is 6.47. The SMILES string of the molecule is CC(C)(C)NC(=O)C(=O)/C=C/c1c[nH]c2ccccc12. The Bertz CT molecular complexity index is 675. The lowest BCUT2D eigenvalue weighted by molar-refractivity contribution is -0.136. The molecule has 0 saturated heterocycles. The summed E-state index contributed by atoms with van der Waals surface area (Å²) in [6.07, 6.45) is 4.77. The van der Waals surface area contributed by atoms with Crippen LogP contribution in [-0.4, -0.2) is 22.2 Å². The minimum atomic E-state index is -0.589. The smallest absolute Gasteiger partial charge is 0.292 e. The summed E-state index contributed by atoms with van der Waals surface area (Å²) in [6.45, 7) is 5.50. The Hall–Kier alpha value is -2.36. The Morgan fingerprint density at radius 1 is 1.20 bits per heavy atom. The van der Waals surface area contributed by atoms with Crippen molar-refractivity contribution in [1.82, 2.24) is 10.3 Å². The number of hydrogen-bond acceptors (Lipinski definition) is 2. The average Bonchev–Trinajstić information content (AvgIpc) is 2.77. The van der Waals surface area contributed by atoms with Crippen molar-refractivity contribution in [2.75, 3.05) is 0 Å². The number of nitrogens with one attached hydrogen (secondary N) is 2. The van der Waals surface area contributed by atoms with E-state index < -0.39 is 17.2 Å². The Morgan fingerprint density at radius 3 is 2.60 bits per heavy atom. The number of rotatable bonds is 3. The fourth-order valence-electron chi connectivity index (χ4n) is 1.88. The van der Waals surface area contributed by atoms with Gasteiger partial charge in [-0.2, -0.15) is 0 Å². The quantitative estimate of drug-likeness (QED) is 0.665. The minimum absolute atomic E-state index is 0.415. The normalized spacial score (nSPS) is 11.9. The van der Waals surface area contributed by atoms with E-state index in [-0.39, 0.29) is 0 Å². The molecule has 0 bridgehead atoms. The Labute approximate surface area is 117 Å². The van der Waals surface area contributed by atoms with E-state index in [1.165, 1.54) is 6.08 Å². The lowest BCUT2D eigenvalue weighted by Gasteiger charge is -2.19. The van der Waals surface area contributed by atoms with Crippen molar-refractivity contribution >= 4 is 28.7 Å². The molecule has 0 radical (unpaired) electrons. The third-order valence-electron chi connectivity index (χ3n) is 2.75. The Morgan fingerprint density at radius 2 is 1.90 bits per heavy atom. The highest BCUT2D eigenvalue weighted by molar-refractivity contribution is 6.41. The van der Waals surface area contributed by atoms with Gasteiger partial charge in [0.05, 0.1) is 0 Å². The molecular weight excluding hydrogens is 252 g/mol. The zero-order chi connectivity index (χ0) is 14.8. The van der Waals surface area contributed by atoms with E-state index in [0.717, 1.165) is 16.5 Å². The third-order valence-corrected chi connectivity index (χ3v) is 2.75. The maximum absolute atomic E-state index is 11.7. The largest absolute Gasteiger partial charge is 0.361 e. The number of carbonyl (C=O) groups excluding carboxylic acids is 2. The van der Waals surface area contributed by atoms with Crippen LogP contribution in [0.4, 0.5) is 0 Å². The maximum Gasteiger partial charge on any atom is 0.292 e. The van der Waals surface area contributed by atoms with Gasteiger partial charge in [-0.3, -0.25) is 9.59 Å². The number of aromatic amines is 1. The van der Waals surface area contributed by atoms with Crippen molar-refractivity contribution in [1.29, 1.82) is 0 Å². The van der Waals surface area contributed by atoms with Gasteiger partial charge in [-0.05, 0) is 44.6 Å². The first kappa shape index (κ1) is 14.1. The molecule has 0 aliphatic carbocycles. The highest BCUT2D eigenvalue weighted by Gasteiger charge is 2.18. The number of H-pyrrole nitrogens is 1. The maximum atomic E-state index is 11.7. The molecule has 4 heteroatoms. The van der Waals surface area contributed by atoms with Crippen LogP contribution in [0.3, 0.4) is 0 Å². The molecular formula is C16H18N2O2. The fraction of sp³-hybridized carbons (Fsp3) is 0.250. The third kappa shape index (κ3) is 3.35. The van der Waals surface area contributed by atoms with Crippen LogP contribution in [0.2, 0.25) is 0 Å². The molecule has 0 saturated carbocycles. The molecule has 1 aromatic heterocycles. The predicted molar refractivity (Wildman–Crippen MR) is 80.2 cm³/mol. The van der Waals surface area contributed by atoms with Crippen LogP contribution in [0.25, 0.3) is 17.0 Å². The van der Waals surface area contributed by atoms with Crippen LogP contribution in [0.1, 0.15) is 26.3 Å². The number of hydrogen-bond donors (Lipinski definition) is 2. The second-order valence-electron chi connectivity index (χ2n) is 5.69. The van der Waals surface area contributed by atoms with Crippen molar-refractivity contribution in [2.24, 2.45) is 0 Å². The van der Waals surface area contributed by atoms with Crippen LogP contribution in [0, 0.1) is 0 Å². The number of para-hydroxylation sites is 1. The summed E-state index contributed by atoms with van der Waals surface area (Å²) in [4.78, 5) is 26.5. The van der Waals surface area contributed by atoms with Gasteiger partial charge in [0.1, 0.15) is 0 Å². The summed E-state index contributed by atoms with van der Waals surface area (Å²) < 4.78 is 0. The molecule has 1 heterocycles. The molecule has 0 atom stereocenters. The molecule has 0 aliphatic heterocycles. The van der Waals surface area contributed by atoms with Crippen molar-refractivity contribution in [3.05, 3.63) is 42.1 Å². The van der Waals surface area contributed by atoms with E-state index in [0.29, 0.717) is 0 Å². The topological polar surface area (TPSA) is 62.0 Å². The number of benzene rings is 1. The van der Waals surface area contributed by atoms with Crippen LogP contribution >= 0.6 is 0 Å². The molecule has 1 amide bonds. The number of carbonyl (C=O) groups is 2. The zero-order valence-corrected chi connectivity index (χ0v) is 11.9. The van der Waals surface area contributed by atoms with Crippen molar-refractivity contribution in [3.8, 4) is 0 Å². The molecule has 104 valence electrons. The van der Waals surface area contributed by atoms with Gasteiger partial charge in [-0.25, -0.2) is 0 Å². The summed E-state index contributed by atoms with van der Waals surface area (Å²) in [5.41, 5.74) is 1.47. The van der Waals surface area contributed by atoms with Gasteiger partial charge in [-0.15, -0.1) is 0 Å². The molecule has 2 rings (SSSR count). The van der Waals surface area contributed by atoms with E-state index in [1.54, 1.807) is 6.08 Å². The van der Waals surface area contributed by atoms with Gasteiger partial charge in [0, 0.05) is 22.6 Å². The highest BCUT2D eigenvalue weighted by Crippen LogP contribution is 2.18. The predicted octanol–water partition coefficient (Wildman–Crippen LogP) is 2.66. The summed E-state index contributed by atoms with van der Waals surface area (Å²) in [5, 5.41) is 3.66. The summed E-state index contributed by atoms with van der Waals surface area (Å²) >= 11 is 0. The molecule has 0 fully saturated rings. The van der Waals surface area contributed by atoms with Crippen molar-refractivity contribution in [2.45, 2.75) is 26.3 Å². The van der Waals surface area contributed by atoms with Gasteiger partial charge in [-0.1, -0.05) is 18.2 Å². The van der Waals surface area contributed by atoms with Gasteiger partial charge in [0.2, 0.25) is 5.78 Å². The van der Waals surface area contributed by atoms with E-state index >= 15 is 0 Å². The summed E-state index contributed by atoms with van der Waals surface area (Å²) in [7, 11) is 0. The van der Waals surface area contributed by atoms with Crippen LogP contribution in [-0.2, 0) is 9.59 Å². The molecule has 0 spiro atoms. The monoisotopic (exact) mass is 270 g/mol. The number of ketones is 1. The lowest BCUT2D eigenvalue weighted by Crippen LogP contribution is -2.43. The number of aromatic nitrogens is 1. The summed E-state index contributed by atoms with van der Waals surface area (Å²) in [5.74, 6) is -1.14. The van der Waals surface area contributed by atoms with Gasteiger partial charge >= 0.3 is 0 Å². The standard InChI is InChI=1S/C16H18N2O2/c1-16(2,3)18-15(20)14(19)9-8-11-10-17-13-7-5-4-6-12(11)13/h4-10,17H,1-3H3,(H,18,20)/b9-8+. The Balaban J connectivity index is 2.13. The molecule has 20 heavy (non-hydrogen) atoms. The van der Waals surface area contributed by atoms with E-state index in [1.807, 2.05) is 51.2 Å². The van der Waals surface area contributed by atoms with Crippen LogP contribution in [0.15, 0.2) is 36.5 Å². The van der Waals surface area contributed by atoms with Gasteiger partial charge in [0.15, 0.2) is 0 Å². The van der Waals surface area contributed by atoms with Crippen LogP contribution < -0.4 is 5.32 Å². The van der Waals surface area contributed by atoms with E-state index in [2.05, 4.69) is 10.3 Å². The fourth-order valence-corrected chi connectivity index (χ4v) is 1.88. The lowest BCUT2D eigenvalue weighted by atomic mass is 10.1. The number of amides is 1. The second kappa shape index (κ2) is 5.33. The van der Waals surface area contributed by atoms with Gasteiger partial charge < -0.3 is 10.3 Å². The molecule has 4 nitrogen and oxygen atoms in total. The molecule has 0 unspecified atom stereocenters. The van der Waals surface area contributed by atoms with Gasteiger partial charge in [0.25, 0.3) is 5.91 Å². The summed E-state index contributed by atoms with van der Waals surface area (Å²) in [6, 6.07) is 7.79. The van der Waals surface area contributed by atoms with Crippen molar-refractivity contribution in [3.63, 3.8) is 0 Å². The minimum Gasteiger partial charge on any atom is -0.361 e. The second-order valence-corrected chi connectivity index (χ2v) is 5.69. The van der Waals surface area contributed by atoms with Crippen LogP contribution in [0.5, 0.6) is 0 Å². The Kier molecular flexibility index (Phi) is 3.74. The highest BCUT2D eigenvalue weighted by atomic mass is 16.2. The van der Waals surface area contributed by atoms with Crippen molar-refractivity contribution < 1.29 is 9.59 Å². The van der Waals surface area contributed by atoms with E-state index in [4.69, 9.17) is 0 Å². The first-order valence-electron chi connectivity index (χ1n) is 6.47. The molecule has 2 N–H and O–H groups in total. The molecule has 2 aromatic rings. The molecule has 0 aliphatic rings. The molecule has 1 aromatic carbocycles. The average molecular weight is 270 g/mol. The number of fused-ring (bicyclic) bond motifs is 1. The first-order chi connectivity index (χ1) is 9.37.